The van der Waals surface area contributed by atoms with Gasteiger partial charge >= 0.3 is 0 Å². The fourth-order valence-corrected chi connectivity index (χ4v) is 4.72. The summed E-state index contributed by atoms with van der Waals surface area (Å²) in [7, 11) is 4.91. The average Bonchev–Trinajstić information content (AvgIpc) is 2.84. The first-order chi connectivity index (χ1) is 16.4. The quantitative estimate of drug-likeness (QED) is 0.321. The first-order valence-corrected chi connectivity index (χ1v) is 12.6. The lowest BCUT2D eigenvalue weighted by molar-refractivity contribution is -0.124. The molecule has 1 saturated heterocycles. The number of rotatable bonds is 7. The number of carbonyl (C=O) groups is 3. The number of nitrogens with one attached hydrogen (secondary N) is 3. The Hall–Kier alpha value is -1.79. The SMILES string of the molecule is CNC(=O)CN1CCN(CC(=O)NC)CCN([C@H]2CCCC[C@@H]2O)CCN(CC(=O)NC)CC1. The molecule has 1 heterocycles. The van der Waals surface area contributed by atoms with E-state index in [-0.39, 0.29) is 36.4 Å². The van der Waals surface area contributed by atoms with Crippen molar-refractivity contribution in [1.82, 2.24) is 35.6 Å². The molecule has 0 aromatic heterocycles. The van der Waals surface area contributed by atoms with Crippen molar-refractivity contribution in [2.45, 2.75) is 37.8 Å². The minimum atomic E-state index is -0.343. The molecule has 1 saturated carbocycles. The zero-order valence-corrected chi connectivity index (χ0v) is 21.2. The van der Waals surface area contributed by atoms with Crippen molar-refractivity contribution in [1.29, 1.82) is 0 Å². The molecule has 2 aliphatic rings. The van der Waals surface area contributed by atoms with Crippen LogP contribution in [0.4, 0.5) is 0 Å². The molecular formula is C23H45N7O4. The zero-order chi connectivity index (χ0) is 24.9. The van der Waals surface area contributed by atoms with Gasteiger partial charge in [0.1, 0.15) is 0 Å². The van der Waals surface area contributed by atoms with Gasteiger partial charge in [0.15, 0.2) is 0 Å². The van der Waals surface area contributed by atoms with Crippen LogP contribution in [0.25, 0.3) is 0 Å². The second-order valence-corrected chi connectivity index (χ2v) is 9.30. The fraction of sp³-hybridized carbons (Fsp3) is 0.870. The van der Waals surface area contributed by atoms with Gasteiger partial charge in [0.25, 0.3) is 0 Å². The molecule has 1 aliphatic heterocycles. The first kappa shape index (κ1) is 28.4. The standard InChI is InChI=1S/C23H45N7O4/c1-24-21(32)16-27-8-10-28(17-22(33)25-2)12-14-30(19-6-4-5-7-20(19)31)15-13-29(11-9-27)18-23(34)26-3/h19-20,31H,4-18H2,1-3H3,(H,24,32)(H,25,33)(H,26,34)/t19-,20-/m0/s1. The summed E-state index contributed by atoms with van der Waals surface area (Å²) in [5.74, 6) is -0.128. The van der Waals surface area contributed by atoms with Crippen LogP contribution in [0, 0.1) is 0 Å². The summed E-state index contributed by atoms with van der Waals surface area (Å²) in [6.45, 7) is 6.33. The van der Waals surface area contributed by atoms with E-state index in [1.165, 1.54) is 0 Å². The number of hydrogen-bond acceptors (Lipinski definition) is 8. The lowest BCUT2D eigenvalue weighted by Gasteiger charge is -2.40. The predicted octanol–water partition coefficient (Wildman–Crippen LogP) is -2.25. The molecule has 1 aliphatic carbocycles. The number of aliphatic hydroxyl groups is 1. The van der Waals surface area contributed by atoms with Crippen LogP contribution in [0.1, 0.15) is 25.7 Å². The van der Waals surface area contributed by atoms with Crippen LogP contribution in [0.3, 0.4) is 0 Å². The predicted molar refractivity (Wildman–Crippen MR) is 131 cm³/mol. The van der Waals surface area contributed by atoms with Crippen LogP contribution in [-0.2, 0) is 14.4 Å². The van der Waals surface area contributed by atoms with Crippen molar-refractivity contribution in [3.8, 4) is 0 Å². The molecule has 0 unspecified atom stereocenters. The monoisotopic (exact) mass is 483 g/mol. The lowest BCUT2D eigenvalue weighted by atomic mass is 9.91. The van der Waals surface area contributed by atoms with Crippen LogP contribution < -0.4 is 16.0 Å². The largest absolute Gasteiger partial charge is 0.391 e. The van der Waals surface area contributed by atoms with Gasteiger partial charge in [-0.05, 0) is 12.8 Å². The van der Waals surface area contributed by atoms with E-state index in [1.54, 1.807) is 21.1 Å². The van der Waals surface area contributed by atoms with Crippen LogP contribution >= 0.6 is 0 Å². The highest BCUT2D eigenvalue weighted by molar-refractivity contribution is 5.78. The number of hydrogen-bond donors (Lipinski definition) is 4. The van der Waals surface area contributed by atoms with Gasteiger partial charge in [-0.2, -0.15) is 0 Å². The minimum Gasteiger partial charge on any atom is -0.391 e. The summed E-state index contributed by atoms with van der Waals surface area (Å²) >= 11 is 0. The summed E-state index contributed by atoms with van der Waals surface area (Å²) in [5.41, 5.74) is 0. The van der Waals surface area contributed by atoms with E-state index >= 15 is 0 Å². The third-order valence-electron chi connectivity index (χ3n) is 6.97. The third kappa shape index (κ3) is 9.83. The number of aliphatic hydroxyl groups excluding tert-OH is 1. The maximum absolute atomic E-state index is 12.1. The van der Waals surface area contributed by atoms with Gasteiger partial charge in [0.05, 0.1) is 25.7 Å². The summed E-state index contributed by atoms with van der Waals surface area (Å²) in [6, 6.07) is 0.102. The second-order valence-electron chi connectivity index (χ2n) is 9.30. The van der Waals surface area contributed by atoms with E-state index in [0.29, 0.717) is 52.4 Å². The zero-order valence-electron chi connectivity index (χ0n) is 21.2. The normalized spacial score (nSPS) is 25.1. The fourth-order valence-electron chi connectivity index (χ4n) is 4.72. The average molecular weight is 484 g/mol. The van der Waals surface area contributed by atoms with Crippen LogP contribution in [0.5, 0.6) is 0 Å². The molecule has 0 radical (unpaired) electrons. The second kappa shape index (κ2) is 15.3. The smallest absolute Gasteiger partial charge is 0.233 e. The Morgan fingerprint density at radius 2 is 1.00 bits per heavy atom. The lowest BCUT2D eigenvalue weighted by Crippen LogP contribution is -2.54. The Kier molecular flexibility index (Phi) is 12.8. The molecule has 0 aromatic rings. The molecule has 2 fully saturated rings. The van der Waals surface area contributed by atoms with E-state index in [0.717, 1.165) is 38.8 Å². The van der Waals surface area contributed by atoms with Gasteiger partial charge < -0.3 is 21.1 Å². The van der Waals surface area contributed by atoms with Gasteiger partial charge in [-0.3, -0.25) is 34.0 Å². The minimum absolute atomic E-state index is 0.0362. The Morgan fingerprint density at radius 1 is 0.647 bits per heavy atom. The Balaban J connectivity index is 2.19. The molecule has 11 heteroatoms. The van der Waals surface area contributed by atoms with Crippen molar-refractivity contribution in [3.63, 3.8) is 0 Å². The van der Waals surface area contributed by atoms with Crippen LogP contribution in [-0.4, -0.2) is 148 Å². The highest BCUT2D eigenvalue weighted by Gasteiger charge is 2.30. The molecule has 0 spiro atoms. The van der Waals surface area contributed by atoms with E-state index in [1.807, 2.05) is 0 Å². The van der Waals surface area contributed by atoms with Gasteiger partial charge in [-0.25, -0.2) is 0 Å². The van der Waals surface area contributed by atoms with Crippen LogP contribution in [0.2, 0.25) is 0 Å². The Labute approximate surface area is 204 Å². The molecule has 2 rings (SSSR count). The maximum Gasteiger partial charge on any atom is 0.233 e. The molecule has 2 atom stereocenters. The van der Waals surface area contributed by atoms with E-state index in [9.17, 15) is 19.5 Å². The van der Waals surface area contributed by atoms with Gasteiger partial charge in [0.2, 0.25) is 17.7 Å². The highest BCUT2D eigenvalue weighted by atomic mass is 16.3. The van der Waals surface area contributed by atoms with E-state index in [2.05, 4.69) is 35.6 Å². The van der Waals surface area contributed by atoms with Crippen molar-refractivity contribution in [3.05, 3.63) is 0 Å². The van der Waals surface area contributed by atoms with Gasteiger partial charge in [-0.1, -0.05) is 12.8 Å². The van der Waals surface area contributed by atoms with Crippen molar-refractivity contribution in [2.24, 2.45) is 0 Å². The topological polar surface area (TPSA) is 120 Å². The maximum atomic E-state index is 12.1. The molecule has 34 heavy (non-hydrogen) atoms. The van der Waals surface area contributed by atoms with Crippen LogP contribution in [0.15, 0.2) is 0 Å². The molecule has 0 aromatic carbocycles. The number of nitrogens with zero attached hydrogens (tertiary/aromatic N) is 4. The number of carbonyl (C=O) groups excluding carboxylic acids is 3. The molecule has 196 valence electrons. The third-order valence-corrected chi connectivity index (χ3v) is 6.97. The van der Waals surface area contributed by atoms with E-state index < -0.39 is 0 Å². The molecular weight excluding hydrogens is 438 g/mol. The van der Waals surface area contributed by atoms with Crippen molar-refractivity contribution >= 4 is 17.7 Å². The Bertz CT molecular complexity index is 617. The summed E-state index contributed by atoms with van der Waals surface area (Å²) in [6.07, 6.45) is 3.60. The molecule has 11 nitrogen and oxygen atoms in total. The summed E-state index contributed by atoms with van der Waals surface area (Å²) < 4.78 is 0. The molecule has 4 N–H and O–H groups in total. The summed E-state index contributed by atoms with van der Waals surface area (Å²) in [5, 5.41) is 18.8. The van der Waals surface area contributed by atoms with Crippen molar-refractivity contribution < 1.29 is 19.5 Å². The summed E-state index contributed by atoms with van der Waals surface area (Å²) in [4.78, 5) is 45.0. The van der Waals surface area contributed by atoms with Gasteiger partial charge in [-0.15, -0.1) is 0 Å². The molecule has 3 amide bonds. The first-order valence-electron chi connectivity index (χ1n) is 12.6. The Morgan fingerprint density at radius 3 is 1.35 bits per heavy atom. The number of amides is 3. The van der Waals surface area contributed by atoms with E-state index in [4.69, 9.17) is 0 Å². The van der Waals surface area contributed by atoms with Crippen molar-refractivity contribution in [2.75, 3.05) is 93.1 Å². The van der Waals surface area contributed by atoms with Gasteiger partial charge in [0, 0.05) is 79.5 Å². The number of likely N-dealkylation sites (N-methyl/N-ethyl adjacent to an activating group) is 3. The highest BCUT2D eigenvalue weighted by Crippen LogP contribution is 2.23. The molecule has 0 bridgehead atoms.